The Bertz CT molecular complexity index is 669. The van der Waals surface area contributed by atoms with Gasteiger partial charge in [0.05, 0.1) is 18.8 Å². The predicted molar refractivity (Wildman–Crippen MR) is 101 cm³/mol. The van der Waals surface area contributed by atoms with Crippen LogP contribution in [0.3, 0.4) is 0 Å². The number of amides is 1. The SMILES string of the molecule is NOCc1cncc(CONCCCCCCNC(=O)c2cccnc2)c1. The first-order valence-electron chi connectivity index (χ1n) is 9.07. The number of rotatable bonds is 13. The van der Waals surface area contributed by atoms with Crippen molar-refractivity contribution in [3.8, 4) is 0 Å². The molecule has 0 spiro atoms. The van der Waals surface area contributed by atoms with Crippen molar-refractivity contribution in [3.05, 3.63) is 59.7 Å². The van der Waals surface area contributed by atoms with Gasteiger partial charge >= 0.3 is 0 Å². The first kappa shape index (κ1) is 20.9. The molecule has 2 rings (SSSR count). The van der Waals surface area contributed by atoms with Crippen molar-refractivity contribution in [2.45, 2.75) is 38.9 Å². The molecule has 4 N–H and O–H groups in total. The topological polar surface area (TPSA) is 111 Å². The summed E-state index contributed by atoms with van der Waals surface area (Å²) in [4.78, 5) is 29.9. The second-order valence-corrected chi connectivity index (χ2v) is 6.11. The fourth-order valence-electron chi connectivity index (χ4n) is 2.48. The molecule has 146 valence electrons. The second-order valence-electron chi connectivity index (χ2n) is 6.11. The lowest BCUT2D eigenvalue weighted by molar-refractivity contribution is 0.0269. The Balaban J connectivity index is 1.44. The van der Waals surface area contributed by atoms with Gasteiger partial charge in [-0.25, -0.2) is 11.4 Å². The Morgan fingerprint density at radius 2 is 1.78 bits per heavy atom. The highest BCUT2D eigenvalue weighted by Gasteiger charge is 2.03. The Hall–Kier alpha value is -2.39. The Kier molecular flexibility index (Phi) is 9.98. The monoisotopic (exact) mass is 373 g/mol. The summed E-state index contributed by atoms with van der Waals surface area (Å²) < 4.78 is 0. The zero-order chi connectivity index (χ0) is 19.2. The van der Waals surface area contributed by atoms with Gasteiger partial charge in [-0.15, -0.1) is 0 Å². The van der Waals surface area contributed by atoms with Crippen molar-refractivity contribution in [2.75, 3.05) is 13.1 Å². The lowest BCUT2D eigenvalue weighted by atomic mass is 10.2. The molecule has 0 aliphatic heterocycles. The van der Waals surface area contributed by atoms with Gasteiger partial charge in [0.25, 0.3) is 5.91 Å². The van der Waals surface area contributed by atoms with E-state index in [1.165, 1.54) is 0 Å². The van der Waals surface area contributed by atoms with Crippen molar-refractivity contribution < 1.29 is 14.5 Å². The molecule has 8 nitrogen and oxygen atoms in total. The standard InChI is InChI=1S/C19H27N5O3/c20-26-14-16-10-17(12-22-11-16)15-27-24-9-4-2-1-3-8-23-19(25)18-6-5-7-21-13-18/h5-7,10-13,24H,1-4,8-9,14-15,20H2,(H,23,25). The molecular formula is C19H27N5O3. The Labute approximate surface area is 159 Å². The summed E-state index contributed by atoms with van der Waals surface area (Å²) in [5.74, 6) is 4.98. The third-order valence-corrected chi connectivity index (χ3v) is 3.86. The van der Waals surface area contributed by atoms with Gasteiger partial charge in [-0.2, -0.15) is 0 Å². The first-order valence-corrected chi connectivity index (χ1v) is 9.07. The van der Waals surface area contributed by atoms with Gasteiger partial charge in [0.15, 0.2) is 0 Å². The summed E-state index contributed by atoms with van der Waals surface area (Å²) >= 11 is 0. The predicted octanol–water partition coefficient (Wildman–Crippen LogP) is 1.88. The quantitative estimate of drug-likeness (QED) is 0.363. The van der Waals surface area contributed by atoms with Gasteiger partial charge in [-0.05, 0) is 42.2 Å². The number of hydroxylamine groups is 1. The third kappa shape index (κ3) is 8.69. The van der Waals surface area contributed by atoms with E-state index >= 15 is 0 Å². The molecule has 2 aromatic rings. The molecule has 0 radical (unpaired) electrons. The fraction of sp³-hybridized carbons (Fsp3) is 0.421. The molecule has 8 heteroatoms. The molecule has 0 aromatic carbocycles. The smallest absolute Gasteiger partial charge is 0.252 e. The van der Waals surface area contributed by atoms with Crippen LogP contribution in [-0.2, 0) is 22.9 Å². The number of hydrogen-bond acceptors (Lipinski definition) is 7. The van der Waals surface area contributed by atoms with Crippen molar-refractivity contribution in [1.82, 2.24) is 20.8 Å². The average molecular weight is 373 g/mol. The summed E-state index contributed by atoms with van der Waals surface area (Å²) in [6.07, 6.45) is 10.8. The third-order valence-electron chi connectivity index (χ3n) is 3.86. The van der Waals surface area contributed by atoms with E-state index < -0.39 is 0 Å². The van der Waals surface area contributed by atoms with Gasteiger partial charge in [0, 0.05) is 37.9 Å². The van der Waals surface area contributed by atoms with E-state index in [0.29, 0.717) is 25.3 Å². The van der Waals surface area contributed by atoms with E-state index in [1.54, 1.807) is 36.9 Å². The van der Waals surface area contributed by atoms with Gasteiger partial charge in [0.1, 0.15) is 0 Å². The maximum atomic E-state index is 11.8. The van der Waals surface area contributed by atoms with E-state index in [2.05, 4.69) is 25.6 Å². The highest BCUT2D eigenvalue weighted by Crippen LogP contribution is 2.05. The minimum atomic E-state index is -0.0743. The van der Waals surface area contributed by atoms with Crippen LogP contribution in [-0.4, -0.2) is 29.0 Å². The van der Waals surface area contributed by atoms with E-state index in [-0.39, 0.29) is 5.91 Å². The maximum absolute atomic E-state index is 11.8. The van der Waals surface area contributed by atoms with Crippen molar-refractivity contribution in [1.29, 1.82) is 0 Å². The minimum absolute atomic E-state index is 0.0743. The molecule has 0 saturated carbocycles. The number of carbonyl (C=O) groups excluding carboxylic acids is 1. The number of nitrogens with zero attached hydrogens (tertiary/aromatic N) is 2. The van der Waals surface area contributed by atoms with Crippen LogP contribution in [0.5, 0.6) is 0 Å². The second kappa shape index (κ2) is 12.9. The molecule has 0 aliphatic carbocycles. The summed E-state index contributed by atoms with van der Waals surface area (Å²) in [6, 6.07) is 5.46. The lowest BCUT2D eigenvalue weighted by Gasteiger charge is -2.07. The zero-order valence-corrected chi connectivity index (χ0v) is 15.4. The summed E-state index contributed by atoms with van der Waals surface area (Å²) in [7, 11) is 0. The lowest BCUT2D eigenvalue weighted by Crippen LogP contribution is -2.24. The largest absolute Gasteiger partial charge is 0.352 e. The van der Waals surface area contributed by atoms with Crippen molar-refractivity contribution in [2.24, 2.45) is 5.90 Å². The van der Waals surface area contributed by atoms with Gasteiger partial charge in [-0.1, -0.05) is 12.8 Å². The van der Waals surface area contributed by atoms with Gasteiger partial charge < -0.3 is 5.32 Å². The normalized spacial score (nSPS) is 10.7. The molecule has 2 aromatic heterocycles. The van der Waals surface area contributed by atoms with Crippen LogP contribution < -0.4 is 16.7 Å². The van der Waals surface area contributed by atoms with Crippen LogP contribution >= 0.6 is 0 Å². The summed E-state index contributed by atoms with van der Waals surface area (Å²) in [6.45, 7) is 2.22. The number of hydrogen-bond donors (Lipinski definition) is 3. The van der Waals surface area contributed by atoms with Crippen molar-refractivity contribution in [3.63, 3.8) is 0 Å². The molecule has 2 heterocycles. The van der Waals surface area contributed by atoms with Crippen LogP contribution in [0.1, 0.15) is 47.2 Å². The number of carbonyl (C=O) groups is 1. The van der Waals surface area contributed by atoms with Gasteiger partial charge in [-0.3, -0.25) is 24.4 Å². The average Bonchev–Trinajstić information content (AvgIpc) is 2.70. The molecule has 0 aliphatic rings. The van der Waals surface area contributed by atoms with E-state index in [4.69, 9.17) is 10.7 Å². The number of pyridine rings is 2. The Morgan fingerprint density at radius 1 is 1.00 bits per heavy atom. The highest BCUT2D eigenvalue weighted by atomic mass is 16.6. The van der Waals surface area contributed by atoms with Crippen LogP contribution in [0.2, 0.25) is 0 Å². The maximum Gasteiger partial charge on any atom is 0.252 e. The molecular weight excluding hydrogens is 346 g/mol. The molecule has 1 amide bonds. The molecule has 0 unspecified atom stereocenters. The minimum Gasteiger partial charge on any atom is -0.352 e. The van der Waals surface area contributed by atoms with Gasteiger partial charge in [0.2, 0.25) is 0 Å². The number of aromatic nitrogens is 2. The first-order chi connectivity index (χ1) is 13.3. The van der Waals surface area contributed by atoms with Crippen LogP contribution in [0, 0.1) is 0 Å². The van der Waals surface area contributed by atoms with E-state index in [1.807, 2.05) is 6.07 Å². The fourth-order valence-corrected chi connectivity index (χ4v) is 2.48. The van der Waals surface area contributed by atoms with E-state index in [0.717, 1.165) is 43.4 Å². The number of nitrogens with one attached hydrogen (secondary N) is 2. The summed E-state index contributed by atoms with van der Waals surface area (Å²) in [5.41, 5.74) is 5.42. The van der Waals surface area contributed by atoms with Crippen LogP contribution in [0.25, 0.3) is 0 Å². The molecule has 0 fully saturated rings. The molecule has 27 heavy (non-hydrogen) atoms. The molecule has 0 saturated heterocycles. The van der Waals surface area contributed by atoms with Crippen molar-refractivity contribution >= 4 is 5.91 Å². The number of nitrogens with two attached hydrogens (primary N) is 1. The highest BCUT2D eigenvalue weighted by molar-refractivity contribution is 5.93. The Morgan fingerprint density at radius 3 is 2.52 bits per heavy atom. The van der Waals surface area contributed by atoms with Crippen LogP contribution in [0.15, 0.2) is 43.0 Å². The molecule has 0 bridgehead atoms. The molecule has 0 atom stereocenters. The number of unbranched alkanes of at least 4 members (excludes halogenated alkanes) is 3. The van der Waals surface area contributed by atoms with Crippen LogP contribution in [0.4, 0.5) is 0 Å². The zero-order valence-electron chi connectivity index (χ0n) is 15.4. The van der Waals surface area contributed by atoms with E-state index in [9.17, 15) is 4.79 Å². The summed E-state index contributed by atoms with van der Waals surface area (Å²) in [5, 5.41) is 2.90.